The number of nitrogens with one attached hydrogen (secondary N) is 2. The first-order valence-electron chi connectivity index (χ1n) is 10.1. The highest BCUT2D eigenvalue weighted by molar-refractivity contribution is 5.28. The molecule has 0 radical (unpaired) electrons. The lowest BCUT2D eigenvalue weighted by Crippen LogP contribution is -2.46. The topological polar surface area (TPSA) is 36.5 Å². The Bertz CT molecular complexity index is 728. The third-order valence-electron chi connectivity index (χ3n) is 6.14. The summed E-state index contributed by atoms with van der Waals surface area (Å²) in [6.07, 6.45) is 2.58. The van der Waals surface area contributed by atoms with E-state index in [9.17, 15) is 0 Å². The lowest BCUT2D eigenvalue weighted by molar-refractivity contribution is 0.139. The van der Waals surface area contributed by atoms with E-state index in [-0.39, 0.29) is 0 Å². The molecule has 0 spiro atoms. The molecule has 0 saturated carbocycles. The van der Waals surface area contributed by atoms with Gasteiger partial charge in [-0.05, 0) is 55.5 Å². The van der Waals surface area contributed by atoms with Crippen LogP contribution >= 0.6 is 0 Å². The maximum atomic E-state index is 5.28. The molecule has 0 bridgehead atoms. The van der Waals surface area contributed by atoms with Gasteiger partial charge in [0, 0.05) is 31.6 Å². The smallest absolute Gasteiger partial charge is 0.118 e. The summed E-state index contributed by atoms with van der Waals surface area (Å²) in [5.41, 5.74) is 11.2. The van der Waals surface area contributed by atoms with Gasteiger partial charge in [0.1, 0.15) is 5.75 Å². The van der Waals surface area contributed by atoms with Crippen LogP contribution in [-0.2, 0) is 6.54 Å². The van der Waals surface area contributed by atoms with Gasteiger partial charge < -0.3 is 4.74 Å². The second-order valence-corrected chi connectivity index (χ2v) is 8.05. The summed E-state index contributed by atoms with van der Waals surface area (Å²) < 4.78 is 5.28. The molecule has 0 aromatic heterocycles. The summed E-state index contributed by atoms with van der Waals surface area (Å²) >= 11 is 0. The highest BCUT2D eigenvalue weighted by atomic mass is 16.5. The molecule has 0 aliphatic carbocycles. The number of piperidine rings is 1. The molecule has 4 rings (SSSR count). The number of methoxy groups -OCH3 is 1. The summed E-state index contributed by atoms with van der Waals surface area (Å²) in [7, 11) is 1.72. The predicted octanol–water partition coefficient (Wildman–Crippen LogP) is 3.48. The van der Waals surface area contributed by atoms with E-state index in [0.717, 1.165) is 25.4 Å². The van der Waals surface area contributed by atoms with Crippen molar-refractivity contribution in [1.82, 2.24) is 15.8 Å². The number of benzene rings is 2. The molecule has 4 heteroatoms. The standard InChI is InChI=1S/C23H31N3O/c1-17-5-9-19(10-6-17)22-14-24-25-23(22)20-4-3-13-26(16-20)15-18-7-11-21(27-2)12-8-18/h5-12,20,22-25H,3-4,13-16H2,1-2H3. The van der Waals surface area contributed by atoms with Gasteiger partial charge >= 0.3 is 0 Å². The van der Waals surface area contributed by atoms with Gasteiger partial charge in [0.25, 0.3) is 0 Å². The summed E-state index contributed by atoms with van der Waals surface area (Å²) in [5.74, 6) is 2.16. The van der Waals surface area contributed by atoms with Crippen LogP contribution in [0.2, 0.25) is 0 Å². The Balaban J connectivity index is 1.41. The summed E-state index contributed by atoms with van der Waals surface area (Å²) in [4.78, 5) is 2.61. The average molecular weight is 366 g/mol. The zero-order valence-corrected chi connectivity index (χ0v) is 16.4. The average Bonchev–Trinajstić information content (AvgIpc) is 3.19. The van der Waals surface area contributed by atoms with Crippen molar-refractivity contribution in [3.63, 3.8) is 0 Å². The highest BCUT2D eigenvalue weighted by Crippen LogP contribution is 2.32. The van der Waals surface area contributed by atoms with Gasteiger partial charge in [-0.2, -0.15) is 0 Å². The zero-order valence-electron chi connectivity index (χ0n) is 16.4. The maximum Gasteiger partial charge on any atom is 0.118 e. The number of hydrogen-bond donors (Lipinski definition) is 2. The zero-order chi connectivity index (χ0) is 18.6. The minimum absolute atomic E-state index is 0.506. The van der Waals surface area contributed by atoms with E-state index in [0.29, 0.717) is 17.9 Å². The molecular formula is C23H31N3O. The van der Waals surface area contributed by atoms with Gasteiger partial charge in [-0.25, -0.2) is 0 Å². The van der Waals surface area contributed by atoms with E-state index in [2.05, 4.69) is 71.2 Å². The fraction of sp³-hybridized carbons (Fsp3) is 0.478. The number of nitrogens with zero attached hydrogens (tertiary/aromatic N) is 1. The van der Waals surface area contributed by atoms with Crippen LogP contribution in [-0.4, -0.2) is 37.7 Å². The van der Waals surface area contributed by atoms with Crippen molar-refractivity contribution in [2.45, 2.75) is 38.3 Å². The number of ether oxygens (including phenoxy) is 1. The molecule has 144 valence electrons. The SMILES string of the molecule is COc1ccc(CN2CCCC(C3NNCC3c3ccc(C)cc3)C2)cc1. The Kier molecular flexibility index (Phi) is 5.77. The predicted molar refractivity (Wildman–Crippen MR) is 110 cm³/mol. The van der Waals surface area contributed by atoms with Crippen molar-refractivity contribution < 1.29 is 4.74 Å². The Hall–Kier alpha value is -1.88. The molecule has 2 aliphatic rings. The molecule has 2 aromatic carbocycles. The minimum Gasteiger partial charge on any atom is -0.497 e. The fourth-order valence-corrected chi connectivity index (χ4v) is 4.62. The number of likely N-dealkylation sites (tertiary alicyclic amines) is 1. The molecule has 2 saturated heterocycles. The van der Waals surface area contributed by atoms with Crippen LogP contribution in [0.5, 0.6) is 5.75 Å². The molecule has 3 unspecified atom stereocenters. The molecule has 2 aromatic rings. The molecule has 2 aliphatic heterocycles. The Labute approximate surface area is 162 Å². The summed E-state index contributed by atoms with van der Waals surface area (Å²) in [5, 5.41) is 0. The Morgan fingerprint density at radius 2 is 1.85 bits per heavy atom. The van der Waals surface area contributed by atoms with Crippen LogP contribution in [0, 0.1) is 12.8 Å². The number of aryl methyl sites for hydroxylation is 1. The minimum atomic E-state index is 0.506. The molecule has 0 amide bonds. The third-order valence-corrected chi connectivity index (χ3v) is 6.14. The van der Waals surface area contributed by atoms with E-state index in [4.69, 9.17) is 4.74 Å². The van der Waals surface area contributed by atoms with Gasteiger partial charge in [-0.15, -0.1) is 0 Å². The normalized spacial score (nSPS) is 26.2. The molecule has 2 heterocycles. The fourth-order valence-electron chi connectivity index (χ4n) is 4.62. The van der Waals surface area contributed by atoms with Crippen molar-refractivity contribution in [1.29, 1.82) is 0 Å². The Morgan fingerprint density at radius 1 is 1.07 bits per heavy atom. The van der Waals surface area contributed by atoms with Crippen molar-refractivity contribution in [3.8, 4) is 5.75 Å². The van der Waals surface area contributed by atoms with Gasteiger partial charge in [0.2, 0.25) is 0 Å². The van der Waals surface area contributed by atoms with E-state index in [1.54, 1.807) is 7.11 Å². The summed E-state index contributed by atoms with van der Waals surface area (Å²) in [6.45, 7) is 6.55. The van der Waals surface area contributed by atoms with E-state index in [1.165, 1.54) is 36.1 Å². The van der Waals surface area contributed by atoms with Crippen LogP contribution in [0.15, 0.2) is 48.5 Å². The second-order valence-electron chi connectivity index (χ2n) is 8.05. The highest BCUT2D eigenvalue weighted by Gasteiger charge is 2.36. The van der Waals surface area contributed by atoms with Gasteiger partial charge in [0.15, 0.2) is 0 Å². The first kappa shape index (κ1) is 18.5. The molecular weight excluding hydrogens is 334 g/mol. The lowest BCUT2D eigenvalue weighted by Gasteiger charge is -2.37. The lowest BCUT2D eigenvalue weighted by atomic mass is 9.81. The van der Waals surface area contributed by atoms with Crippen LogP contribution in [0.3, 0.4) is 0 Å². The van der Waals surface area contributed by atoms with Crippen molar-refractivity contribution in [2.75, 3.05) is 26.7 Å². The van der Waals surface area contributed by atoms with Crippen molar-refractivity contribution in [2.24, 2.45) is 5.92 Å². The van der Waals surface area contributed by atoms with Crippen LogP contribution in [0.1, 0.15) is 35.4 Å². The van der Waals surface area contributed by atoms with Crippen molar-refractivity contribution >= 4 is 0 Å². The van der Waals surface area contributed by atoms with E-state index >= 15 is 0 Å². The number of hydrogen-bond acceptors (Lipinski definition) is 4. The van der Waals surface area contributed by atoms with Gasteiger partial charge in [-0.3, -0.25) is 15.8 Å². The van der Waals surface area contributed by atoms with Gasteiger partial charge in [0.05, 0.1) is 7.11 Å². The third kappa shape index (κ3) is 4.34. The monoisotopic (exact) mass is 365 g/mol. The van der Waals surface area contributed by atoms with Crippen molar-refractivity contribution in [3.05, 3.63) is 65.2 Å². The number of rotatable bonds is 5. The molecule has 2 fully saturated rings. The molecule has 2 N–H and O–H groups in total. The van der Waals surface area contributed by atoms with Crippen LogP contribution in [0.4, 0.5) is 0 Å². The van der Waals surface area contributed by atoms with E-state index < -0.39 is 0 Å². The largest absolute Gasteiger partial charge is 0.497 e. The Morgan fingerprint density at radius 3 is 2.59 bits per heavy atom. The van der Waals surface area contributed by atoms with Crippen LogP contribution in [0.25, 0.3) is 0 Å². The summed E-state index contributed by atoms with van der Waals surface area (Å²) in [6, 6.07) is 18.1. The van der Waals surface area contributed by atoms with Gasteiger partial charge in [-0.1, -0.05) is 42.0 Å². The second kappa shape index (κ2) is 8.42. The first-order valence-corrected chi connectivity index (χ1v) is 10.1. The maximum absolute atomic E-state index is 5.28. The van der Waals surface area contributed by atoms with Crippen LogP contribution < -0.4 is 15.6 Å². The molecule has 27 heavy (non-hydrogen) atoms. The molecule has 4 nitrogen and oxygen atoms in total. The van der Waals surface area contributed by atoms with E-state index in [1.807, 2.05) is 0 Å². The first-order chi connectivity index (χ1) is 13.2. The quantitative estimate of drug-likeness (QED) is 0.851. The molecule has 3 atom stereocenters. The number of hydrazine groups is 1.